The lowest BCUT2D eigenvalue weighted by molar-refractivity contribution is 0.0995. The highest BCUT2D eigenvalue weighted by atomic mass is 16.1. The minimum absolute atomic E-state index is 0.257. The standard InChI is InChI=1S/C7H7N2O/c1-5-2-3-9-6(4-5)7(8)10/h2-4H,1H2,(H2,8,10). The van der Waals surface area contributed by atoms with Gasteiger partial charge in [-0.15, -0.1) is 0 Å². The number of nitrogens with zero attached hydrogens (tertiary/aromatic N) is 1. The van der Waals surface area contributed by atoms with Gasteiger partial charge in [0.1, 0.15) is 5.69 Å². The number of carbonyl (C=O) groups is 1. The number of primary amides is 1. The molecule has 0 saturated heterocycles. The minimum Gasteiger partial charge on any atom is -0.364 e. The first kappa shape index (κ1) is 6.74. The fourth-order valence-electron chi connectivity index (χ4n) is 0.609. The highest BCUT2D eigenvalue weighted by Gasteiger charge is 1.98. The zero-order valence-electron chi connectivity index (χ0n) is 5.37. The van der Waals surface area contributed by atoms with Crippen LogP contribution in [0.3, 0.4) is 0 Å². The molecule has 0 aliphatic heterocycles. The molecule has 1 radical (unpaired) electrons. The maximum atomic E-state index is 10.5. The summed E-state index contributed by atoms with van der Waals surface area (Å²) >= 11 is 0. The predicted molar refractivity (Wildman–Crippen MR) is 37.2 cm³/mol. The molecule has 0 saturated carbocycles. The van der Waals surface area contributed by atoms with E-state index in [2.05, 4.69) is 11.9 Å². The van der Waals surface area contributed by atoms with Crippen molar-refractivity contribution in [3.05, 3.63) is 36.5 Å². The molecule has 1 aromatic rings. The van der Waals surface area contributed by atoms with Crippen molar-refractivity contribution in [3.8, 4) is 0 Å². The van der Waals surface area contributed by atoms with E-state index >= 15 is 0 Å². The lowest BCUT2D eigenvalue weighted by atomic mass is 10.2. The van der Waals surface area contributed by atoms with Crippen LogP contribution in [0, 0.1) is 6.92 Å². The number of nitrogens with two attached hydrogens (primary N) is 1. The van der Waals surface area contributed by atoms with Crippen LogP contribution in [-0.4, -0.2) is 10.9 Å². The van der Waals surface area contributed by atoms with Crippen LogP contribution in [-0.2, 0) is 0 Å². The van der Waals surface area contributed by atoms with Gasteiger partial charge in [-0.3, -0.25) is 9.78 Å². The van der Waals surface area contributed by atoms with Crippen LogP contribution < -0.4 is 5.73 Å². The Hall–Kier alpha value is -1.38. The van der Waals surface area contributed by atoms with Crippen molar-refractivity contribution in [3.63, 3.8) is 0 Å². The van der Waals surface area contributed by atoms with E-state index in [0.717, 1.165) is 5.56 Å². The third kappa shape index (κ3) is 1.31. The number of amides is 1. The van der Waals surface area contributed by atoms with Gasteiger partial charge in [-0.25, -0.2) is 0 Å². The van der Waals surface area contributed by atoms with E-state index in [0.29, 0.717) is 0 Å². The summed E-state index contributed by atoms with van der Waals surface area (Å²) < 4.78 is 0. The molecule has 1 amide bonds. The van der Waals surface area contributed by atoms with Gasteiger partial charge in [-0.2, -0.15) is 0 Å². The Morgan fingerprint density at radius 3 is 2.80 bits per heavy atom. The van der Waals surface area contributed by atoms with E-state index in [9.17, 15) is 4.79 Å². The Balaban J connectivity index is 3.07. The van der Waals surface area contributed by atoms with Gasteiger partial charge in [0.2, 0.25) is 0 Å². The lowest BCUT2D eigenvalue weighted by Gasteiger charge is -1.93. The summed E-state index contributed by atoms with van der Waals surface area (Å²) in [5.41, 5.74) is 5.95. The third-order valence-electron chi connectivity index (χ3n) is 1.08. The number of rotatable bonds is 1. The van der Waals surface area contributed by atoms with E-state index < -0.39 is 5.91 Å². The second-order valence-electron chi connectivity index (χ2n) is 1.91. The molecule has 0 aromatic carbocycles. The molecule has 0 spiro atoms. The number of hydrogen-bond acceptors (Lipinski definition) is 2. The molecule has 0 atom stereocenters. The van der Waals surface area contributed by atoms with Crippen molar-refractivity contribution in [1.29, 1.82) is 0 Å². The number of hydrogen-bond donors (Lipinski definition) is 1. The second kappa shape index (κ2) is 2.47. The topological polar surface area (TPSA) is 56.0 Å². The summed E-state index contributed by atoms with van der Waals surface area (Å²) in [6.07, 6.45) is 1.50. The first-order chi connectivity index (χ1) is 4.70. The van der Waals surface area contributed by atoms with E-state index in [1.165, 1.54) is 6.20 Å². The summed E-state index contributed by atoms with van der Waals surface area (Å²) in [4.78, 5) is 14.2. The summed E-state index contributed by atoms with van der Waals surface area (Å²) in [7, 11) is 0. The molecule has 3 nitrogen and oxygen atoms in total. The molecule has 51 valence electrons. The van der Waals surface area contributed by atoms with Crippen molar-refractivity contribution >= 4 is 5.91 Å². The SMILES string of the molecule is [CH2]c1ccnc(C(N)=O)c1. The van der Waals surface area contributed by atoms with E-state index in [-0.39, 0.29) is 5.69 Å². The molecule has 1 rings (SSSR count). The molecule has 1 aromatic heterocycles. The Bertz CT molecular complexity index is 258. The summed E-state index contributed by atoms with van der Waals surface area (Å²) in [6.45, 7) is 3.62. The summed E-state index contributed by atoms with van der Waals surface area (Å²) in [5.74, 6) is -0.523. The number of carbonyl (C=O) groups excluding carboxylic acids is 1. The van der Waals surface area contributed by atoms with Gasteiger partial charge < -0.3 is 5.73 Å². The van der Waals surface area contributed by atoms with Gasteiger partial charge in [0.25, 0.3) is 5.91 Å². The van der Waals surface area contributed by atoms with Crippen LogP contribution in [0.2, 0.25) is 0 Å². The van der Waals surface area contributed by atoms with Crippen molar-refractivity contribution in [1.82, 2.24) is 4.98 Å². The molecule has 2 N–H and O–H groups in total. The van der Waals surface area contributed by atoms with Crippen molar-refractivity contribution in [2.45, 2.75) is 0 Å². The highest BCUT2D eigenvalue weighted by molar-refractivity contribution is 5.90. The van der Waals surface area contributed by atoms with Crippen molar-refractivity contribution < 1.29 is 4.79 Å². The fourth-order valence-corrected chi connectivity index (χ4v) is 0.609. The first-order valence-electron chi connectivity index (χ1n) is 2.78. The van der Waals surface area contributed by atoms with Crippen LogP contribution in [0.25, 0.3) is 0 Å². The smallest absolute Gasteiger partial charge is 0.267 e. The van der Waals surface area contributed by atoms with Gasteiger partial charge in [0.15, 0.2) is 0 Å². The molecule has 0 fully saturated rings. The molecule has 0 aliphatic rings. The molecule has 0 unspecified atom stereocenters. The maximum absolute atomic E-state index is 10.5. The predicted octanol–water partition coefficient (Wildman–Crippen LogP) is 0.363. The highest BCUT2D eigenvalue weighted by Crippen LogP contribution is 1.97. The molecule has 0 aliphatic carbocycles. The number of aromatic nitrogens is 1. The zero-order chi connectivity index (χ0) is 7.56. The zero-order valence-corrected chi connectivity index (χ0v) is 5.37. The van der Waals surface area contributed by atoms with Gasteiger partial charge >= 0.3 is 0 Å². The van der Waals surface area contributed by atoms with Gasteiger partial charge in [-0.05, 0) is 24.6 Å². The van der Waals surface area contributed by atoms with Gasteiger partial charge in [0.05, 0.1) is 0 Å². The molecular formula is C7H7N2O. The summed E-state index contributed by atoms with van der Waals surface area (Å²) in [5, 5.41) is 0. The number of pyridine rings is 1. The monoisotopic (exact) mass is 135 g/mol. The molecule has 10 heavy (non-hydrogen) atoms. The Kier molecular flexibility index (Phi) is 1.67. The van der Waals surface area contributed by atoms with Crippen LogP contribution in [0.15, 0.2) is 18.3 Å². The summed E-state index contributed by atoms with van der Waals surface area (Å²) in [6, 6.07) is 3.24. The Morgan fingerprint density at radius 1 is 1.70 bits per heavy atom. The molecular weight excluding hydrogens is 128 g/mol. The van der Waals surface area contributed by atoms with E-state index in [4.69, 9.17) is 5.73 Å². The molecule has 0 bridgehead atoms. The van der Waals surface area contributed by atoms with Gasteiger partial charge in [0, 0.05) is 6.20 Å². The third-order valence-corrected chi connectivity index (χ3v) is 1.08. The van der Waals surface area contributed by atoms with Crippen LogP contribution >= 0.6 is 0 Å². The molecule has 3 heteroatoms. The van der Waals surface area contributed by atoms with Crippen LogP contribution in [0.1, 0.15) is 16.1 Å². The largest absolute Gasteiger partial charge is 0.364 e. The van der Waals surface area contributed by atoms with Crippen LogP contribution in [0.5, 0.6) is 0 Å². The minimum atomic E-state index is -0.523. The van der Waals surface area contributed by atoms with Gasteiger partial charge in [-0.1, -0.05) is 0 Å². The maximum Gasteiger partial charge on any atom is 0.267 e. The van der Waals surface area contributed by atoms with Crippen molar-refractivity contribution in [2.75, 3.05) is 0 Å². The quantitative estimate of drug-likeness (QED) is 0.604. The Labute approximate surface area is 58.9 Å². The fraction of sp³-hybridized carbons (Fsp3) is 0. The molecule has 1 heterocycles. The lowest BCUT2D eigenvalue weighted by Crippen LogP contribution is -2.12. The second-order valence-corrected chi connectivity index (χ2v) is 1.91. The Morgan fingerprint density at radius 2 is 2.40 bits per heavy atom. The van der Waals surface area contributed by atoms with E-state index in [1.807, 2.05) is 0 Å². The van der Waals surface area contributed by atoms with Crippen LogP contribution in [0.4, 0.5) is 0 Å². The normalized spacial score (nSPS) is 9.30. The van der Waals surface area contributed by atoms with E-state index in [1.54, 1.807) is 12.1 Å². The average molecular weight is 135 g/mol. The average Bonchev–Trinajstić information content (AvgIpc) is 1.88. The van der Waals surface area contributed by atoms with Crippen molar-refractivity contribution in [2.24, 2.45) is 5.73 Å². The first-order valence-corrected chi connectivity index (χ1v) is 2.78.